The summed E-state index contributed by atoms with van der Waals surface area (Å²) in [6.45, 7) is 1.51. The number of thiophene rings is 1. The number of rotatable bonds is 3. The minimum Gasteiger partial charge on any atom is -0.335 e. The van der Waals surface area contributed by atoms with Crippen LogP contribution < -0.4 is 0 Å². The van der Waals surface area contributed by atoms with Crippen molar-refractivity contribution in [3.8, 4) is 5.00 Å². The number of thioether (sulfide) groups is 1. The van der Waals surface area contributed by atoms with Crippen LogP contribution in [0.2, 0.25) is 0 Å². The molecule has 0 saturated carbocycles. The fraction of sp³-hybridized carbons (Fsp3) is 0.304. The number of piperazine rings is 1. The van der Waals surface area contributed by atoms with Gasteiger partial charge in [-0.05, 0) is 48.1 Å². The summed E-state index contributed by atoms with van der Waals surface area (Å²) in [5.74, 6) is -0.438. The van der Waals surface area contributed by atoms with E-state index in [9.17, 15) is 18.4 Å². The highest BCUT2D eigenvalue weighted by Crippen LogP contribution is 2.39. The highest BCUT2D eigenvalue weighted by Gasteiger charge is 2.32. The van der Waals surface area contributed by atoms with Gasteiger partial charge < -0.3 is 14.4 Å². The number of carbonyl (C=O) groups is 2. The SMILES string of the molecule is O=C(c1ccc(F)c(F)c1)N1CCN(C(=O)c2c(-n3cccc3)sc3c2CCSC3)CC1. The number of halogens is 2. The third-order valence-electron chi connectivity index (χ3n) is 5.88. The number of fused-ring (bicyclic) bond motifs is 1. The molecule has 2 aliphatic rings. The molecule has 0 bridgehead atoms. The first-order chi connectivity index (χ1) is 15.5. The summed E-state index contributed by atoms with van der Waals surface area (Å²) in [6.07, 6.45) is 4.80. The van der Waals surface area contributed by atoms with Crippen LogP contribution in [0.4, 0.5) is 8.78 Å². The highest BCUT2D eigenvalue weighted by molar-refractivity contribution is 7.98. The lowest BCUT2D eigenvalue weighted by molar-refractivity contribution is 0.0535. The number of benzene rings is 1. The van der Waals surface area contributed by atoms with Gasteiger partial charge in [-0.3, -0.25) is 9.59 Å². The van der Waals surface area contributed by atoms with Gasteiger partial charge in [-0.25, -0.2) is 8.78 Å². The van der Waals surface area contributed by atoms with Gasteiger partial charge in [0, 0.05) is 54.8 Å². The third-order valence-corrected chi connectivity index (χ3v) is 8.29. The third kappa shape index (κ3) is 3.84. The van der Waals surface area contributed by atoms with Crippen LogP contribution in [0.3, 0.4) is 0 Å². The van der Waals surface area contributed by atoms with E-state index in [1.54, 1.807) is 21.1 Å². The van der Waals surface area contributed by atoms with Crippen molar-refractivity contribution >= 4 is 34.9 Å². The number of nitrogens with zero attached hydrogens (tertiary/aromatic N) is 3. The van der Waals surface area contributed by atoms with Crippen LogP contribution in [0, 0.1) is 11.6 Å². The number of amides is 2. The van der Waals surface area contributed by atoms with E-state index >= 15 is 0 Å². The first-order valence-corrected chi connectivity index (χ1v) is 12.4. The van der Waals surface area contributed by atoms with Crippen LogP contribution >= 0.6 is 23.1 Å². The summed E-state index contributed by atoms with van der Waals surface area (Å²) in [4.78, 5) is 30.9. The molecule has 1 aromatic carbocycles. The van der Waals surface area contributed by atoms with E-state index in [2.05, 4.69) is 0 Å². The molecule has 0 aliphatic carbocycles. The number of hydrogen-bond acceptors (Lipinski definition) is 4. The molecule has 5 nitrogen and oxygen atoms in total. The summed E-state index contributed by atoms with van der Waals surface area (Å²) < 4.78 is 28.7. The average molecular weight is 474 g/mol. The average Bonchev–Trinajstić information content (AvgIpc) is 3.48. The molecule has 0 atom stereocenters. The van der Waals surface area contributed by atoms with Gasteiger partial charge in [0.1, 0.15) is 5.00 Å². The molecular formula is C23H21F2N3O2S2. The van der Waals surface area contributed by atoms with Crippen molar-refractivity contribution in [3.63, 3.8) is 0 Å². The molecule has 1 saturated heterocycles. The lowest BCUT2D eigenvalue weighted by atomic mass is 10.1. The minimum absolute atomic E-state index is 0.00183. The lowest BCUT2D eigenvalue weighted by Gasteiger charge is -2.35. The first-order valence-electron chi connectivity index (χ1n) is 10.4. The molecule has 166 valence electrons. The molecule has 4 heterocycles. The zero-order chi connectivity index (χ0) is 22.2. The lowest BCUT2D eigenvalue weighted by Crippen LogP contribution is -2.50. The van der Waals surface area contributed by atoms with E-state index in [1.807, 2.05) is 40.9 Å². The van der Waals surface area contributed by atoms with E-state index < -0.39 is 11.6 Å². The quantitative estimate of drug-likeness (QED) is 0.573. The normalized spacial score (nSPS) is 16.2. The van der Waals surface area contributed by atoms with Crippen molar-refractivity contribution in [2.45, 2.75) is 12.2 Å². The monoisotopic (exact) mass is 473 g/mol. The number of aromatic nitrogens is 1. The van der Waals surface area contributed by atoms with Gasteiger partial charge in [-0.1, -0.05) is 0 Å². The van der Waals surface area contributed by atoms with E-state index in [0.717, 1.165) is 46.2 Å². The second-order valence-corrected chi connectivity index (χ2v) is 9.98. The van der Waals surface area contributed by atoms with Gasteiger partial charge in [-0.2, -0.15) is 11.8 Å². The molecular weight excluding hydrogens is 452 g/mol. The zero-order valence-electron chi connectivity index (χ0n) is 17.2. The van der Waals surface area contributed by atoms with Crippen LogP contribution in [0.15, 0.2) is 42.7 Å². The summed E-state index contributed by atoms with van der Waals surface area (Å²) >= 11 is 3.57. The van der Waals surface area contributed by atoms with Crippen LogP contribution in [-0.2, 0) is 12.2 Å². The van der Waals surface area contributed by atoms with Crippen molar-refractivity contribution < 1.29 is 18.4 Å². The second-order valence-electron chi connectivity index (χ2n) is 7.79. The Morgan fingerprint density at radius 2 is 1.59 bits per heavy atom. The Kier molecular flexibility index (Phi) is 5.77. The first kappa shape index (κ1) is 21.2. The molecule has 2 aromatic heterocycles. The van der Waals surface area contributed by atoms with E-state index in [0.29, 0.717) is 26.2 Å². The molecule has 0 N–H and O–H groups in total. The molecule has 0 radical (unpaired) electrons. The van der Waals surface area contributed by atoms with Gasteiger partial charge in [0.05, 0.1) is 5.56 Å². The predicted octanol–water partition coefficient (Wildman–Crippen LogP) is 4.20. The van der Waals surface area contributed by atoms with Crippen molar-refractivity contribution in [2.24, 2.45) is 0 Å². The Hall–Kier alpha value is -2.65. The topological polar surface area (TPSA) is 45.6 Å². The van der Waals surface area contributed by atoms with E-state index in [4.69, 9.17) is 0 Å². The largest absolute Gasteiger partial charge is 0.335 e. The number of carbonyl (C=O) groups excluding carboxylic acids is 2. The van der Waals surface area contributed by atoms with Crippen molar-refractivity contribution in [3.05, 3.63) is 75.9 Å². The van der Waals surface area contributed by atoms with Crippen molar-refractivity contribution in [1.82, 2.24) is 14.4 Å². The Balaban J connectivity index is 1.34. The molecule has 32 heavy (non-hydrogen) atoms. The fourth-order valence-electron chi connectivity index (χ4n) is 4.17. The van der Waals surface area contributed by atoms with Crippen LogP contribution in [0.5, 0.6) is 0 Å². The van der Waals surface area contributed by atoms with Crippen LogP contribution in [0.1, 0.15) is 31.2 Å². The Labute approximate surface area is 192 Å². The Morgan fingerprint density at radius 1 is 0.906 bits per heavy atom. The molecule has 5 rings (SSSR count). The summed E-state index contributed by atoms with van der Waals surface area (Å²) in [7, 11) is 0. The second kappa shape index (κ2) is 8.71. The van der Waals surface area contributed by atoms with E-state index in [-0.39, 0.29) is 17.4 Å². The smallest absolute Gasteiger partial charge is 0.257 e. The molecule has 0 unspecified atom stereocenters. The molecule has 9 heteroatoms. The van der Waals surface area contributed by atoms with Gasteiger partial charge in [0.25, 0.3) is 11.8 Å². The molecule has 1 fully saturated rings. The van der Waals surface area contributed by atoms with Crippen LogP contribution in [0.25, 0.3) is 5.00 Å². The summed E-state index contributed by atoms with van der Waals surface area (Å²) in [5.41, 5.74) is 2.05. The van der Waals surface area contributed by atoms with Crippen LogP contribution in [-0.4, -0.2) is 58.1 Å². The van der Waals surface area contributed by atoms with Gasteiger partial charge >= 0.3 is 0 Å². The standard InChI is InChI=1S/C23H21F2N3O2S2/c24-17-4-3-15(13-18(17)25)21(29)26-8-10-27(11-9-26)22(30)20-16-5-12-31-14-19(16)32-23(20)28-6-1-2-7-28/h1-4,6-7,13H,5,8-12,14H2. The van der Waals surface area contributed by atoms with Gasteiger partial charge in [-0.15, -0.1) is 11.3 Å². The summed E-state index contributed by atoms with van der Waals surface area (Å²) in [6, 6.07) is 7.07. The molecule has 2 amide bonds. The predicted molar refractivity (Wildman–Crippen MR) is 122 cm³/mol. The molecule has 0 spiro atoms. The van der Waals surface area contributed by atoms with Gasteiger partial charge in [0.15, 0.2) is 11.6 Å². The fourth-order valence-corrected chi connectivity index (χ4v) is 6.61. The minimum atomic E-state index is -1.04. The van der Waals surface area contributed by atoms with Crippen molar-refractivity contribution in [2.75, 3.05) is 31.9 Å². The van der Waals surface area contributed by atoms with Crippen molar-refractivity contribution in [1.29, 1.82) is 0 Å². The summed E-state index contributed by atoms with van der Waals surface area (Å²) in [5, 5.41) is 0.952. The maximum atomic E-state index is 13.6. The maximum absolute atomic E-state index is 13.6. The highest BCUT2D eigenvalue weighted by atomic mass is 32.2. The van der Waals surface area contributed by atoms with E-state index in [1.165, 1.54) is 10.9 Å². The zero-order valence-corrected chi connectivity index (χ0v) is 18.9. The number of hydrogen-bond donors (Lipinski definition) is 0. The van der Waals surface area contributed by atoms with Gasteiger partial charge in [0.2, 0.25) is 0 Å². The maximum Gasteiger partial charge on any atom is 0.257 e. The molecule has 3 aromatic rings. The Morgan fingerprint density at radius 3 is 2.28 bits per heavy atom. The Bertz CT molecular complexity index is 1170. The molecule has 2 aliphatic heterocycles.